The number of hydrogen-bond acceptors (Lipinski definition) is 2. The third-order valence-electron chi connectivity index (χ3n) is 10.2. The lowest BCUT2D eigenvalue weighted by Crippen LogP contribution is -2.32. The number of nitrogens with zero attached hydrogens (tertiary/aromatic N) is 2. The van der Waals surface area contributed by atoms with E-state index in [4.69, 9.17) is 16.8 Å². The summed E-state index contributed by atoms with van der Waals surface area (Å²) in [6.45, 7) is 2.41. The van der Waals surface area contributed by atoms with Gasteiger partial charge >= 0.3 is 0 Å². The molecular formula is C42H33N2PS. The van der Waals surface area contributed by atoms with Crippen molar-refractivity contribution in [3.8, 4) is 0 Å². The van der Waals surface area contributed by atoms with Crippen molar-refractivity contribution in [2.24, 2.45) is 17.8 Å². The van der Waals surface area contributed by atoms with Crippen LogP contribution in [-0.2, 0) is 11.8 Å². The van der Waals surface area contributed by atoms with Crippen molar-refractivity contribution < 1.29 is 0 Å². The van der Waals surface area contributed by atoms with Crippen LogP contribution in [0.15, 0.2) is 157 Å². The minimum Gasteiger partial charge on any atom is -0.292 e. The summed E-state index contributed by atoms with van der Waals surface area (Å²) < 4.78 is 2.34. The van der Waals surface area contributed by atoms with Crippen LogP contribution in [0.4, 0.5) is 0 Å². The van der Waals surface area contributed by atoms with Crippen LogP contribution in [0.1, 0.15) is 18.9 Å². The van der Waals surface area contributed by atoms with Crippen LogP contribution in [0.25, 0.3) is 43.9 Å². The summed E-state index contributed by atoms with van der Waals surface area (Å²) in [5.74, 6) is 1.08. The molecule has 0 N–H and O–H groups in total. The highest BCUT2D eigenvalue weighted by Crippen LogP contribution is 2.61. The molecule has 0 saturated carbocycles. The zero-order valence-electron chi connectivity index (χ0n) is 25.6. The van der Waals surface area contributed by atoms with Crippen LogP contribution < -0.4 is 10.6 Å². The molecule has 2 nitrogen and oxygen atoms in total. The van der Waals surface area contributed by atoms with Gasteiger partial charge in [0.05, 0.1) is 16.6 Å². The molecule has 3 atom stereocenters. The average molecular weight is 629 g/mol. The van der Waals surface area contributed by atoms with Gasteiger partial charge in [0.25, 0.3) is 0 Å². The van der Waals surface area contributed by atoms with E-state index in [-0.39, 0.29) is 5.92 Å². The van der Waals surface area contributed by atoms with E-state index in [0.717, 1.165) is 23.1 Å². The van der Waals surface area contributed by atoms with E-state index in [0.29, 0.717) is 11.8 Å². The third-order valence-corrected chi connectivity index (χ3v) is 15.3. The Bertz CT molecular complexity index is 2410. The number of aromatic nitrogens is 2. The van der Waals surface area contributed by atoms with Gasteiger partial charge in [0.1, 0.15) is 5.65 Å². The van der Waals surface area contributed by atoms with Crippen molar-refractivity contribution in [2.75, 3.05) is 0 Å². The second-order valence-corrected chi connectivity index (χ2v) is 17.1. The quantitative estimate of drug-likeness (QED) is 0.143. The summed E-state index contributed by atoms with van der Waals surface area (Å²) in [5.41, 5.74) is 7.02. The topological polar surface area (TPSA) is 17.3 Å². The molecule has 2 aliphatic rings. The standard InChI is InChI=1S/C42H33N2PS/c1-28-23-25-32(35-20-12-22-40(41(28)35)45(46,30-13-4-2-5-14-30)31-15-6-3-7-16-31)29-24-26-39-37(27-29)43-42-36-19-9-8-17-33(36)34-18-10-11-21-38(34)44(39)42/h2-22,24-28,35,41H,23H2,1H3. The number of rotatable bonds is 4. The van der Waals surface area contributed by atoms with Gasteiger partial charge in [-0.2, -0.15) is 0 Å². The summed E-state index contributed by atoms with van der Waals surface area (Å²) >= 11 is 6.89. The van der Waals surface area contributed by atoms with E-state index < -0.39 is 6.04 Å². The number of hydrogen-bond donors (Lipinski definition) is 0. The number of pyridine rings is 1. The highest BCUT2D eigenvalue weighted by molar-refractivity contribution is 8.24. The molecule has 3 unspecified atom stereocenters. The van der Waals surface area contributed by atoms with E-state index in [2.05, 4.69) is 163 Å². The largest absolute Gasteiger partial charge is 0.292 e. The molecule has 0 aliphatic heterocycles. The molecule has 0 radical (unpaired) electrons. The Morgan fingerprint density at radius 3 is 2.11 bits per heavy atom. The maximum Gasteiger partial charge on any atom is 0.146 e. The van der Waals surface area contributed by atoms with Crippen molar-refractivity contribution in [1.29, 1.82) is 0 Å². The van der Waals surface area contributed by atoms with Crippen LogP contribution in [0, 0.1) is 17.8 Å². The molecule has 0 saturated heterocycles. The van der Waals surface area contributed by atoms with Gasteiger partial charge in [0.2, 0.25) is 0 Å². The third kappa shape index (κ3) is 4.09. The Kier molecular flexibility index (Phi) is 6.49. The van der Waals surface area contributed by atoms with Crippen molar-refractivity contribution >= 4 is 72.4 Å². The number of para-hydroxylation sites is 1. The SMILES string of the molecule is CC1CC=C(c2ccc3c(c2)nc2c4ccccc4c4ccccc4n32)C2C=CC=C(P(=S)(c3ccccc3)c3ccccc3)C12. The molecule has 2 aromatic heterocycles. The molecular weight excluding hydrogens is 596 g/mol. The van der Waals surface area contributed by atoms with Gasteiger partial charge in [-0.1, -0.05) is 152 Å². The average Bonchev–Trinajstić information content (AvgIpc) is 3.51. The van der Waals surface area contributed by atoms with Crippen molar-refractivity contribution in [3.05, 3.63) is 163 Å². The summed E-state index contributed by atoms with van der Waals surface area (Å²) in [6, 6.07) is 43.7. The Balaban J connectivity index is 1.19. The minimum atomic E-state index is -2.25. The molecule has 2 heterocycles. The Labute approximate surface area is 274 Å². The number of fused-ring (bicyclic) bond motifs is 9. The predicted molar refractivity (Wildman–Crippen MR) is 200 cm³/mol. The summed E-state index contributed by atoms with van der Waals surface area (Å²) in [6.07, 6.45) is 10.6. The van der Waals surface area contributed by atoms with E-state index in [1.807, 2.05) is 0 Å². The van der Waals surface area contributed by atoms with Crippen molar-refractivity contribution in [3.63, 3.8) is 0 Å². The van der Waals surface area contributed by atoms with E-state index in [9.17, 15) is 0 Å². The number of imidazole rings is 1. The highest BCUT2D eigenvalue weighted by Gasteiger charge is 2.41. The second kappa shape index (κ2) is 10.8. The van der Waals surface area contributed by atoms with E-state index in [1.165, 1.54) is 48.7 Å². The number of allylic oxidation sites excluding steroid dienone is 6. The van der Waals surface area contributed by atoms with Crippen LogP contribution >= 0.6 is 6.04 Å². The maximum atomic E-state index is 6.89. The van der Waals surface area contributed by atoms with Crippen LogP contribution in [-0.4, -0.2) is 9.38 Å². The van der Waals surface area contributed by atoms with Crippen molar-refractivity contribution in [2.45, 2.75) is 13.3 Å². The lowest BCUT2D eigenvalue weighted by Gasteiger charge is -2.43. The van der Waals surface area contributed by atoms with Crippen LogP contribution in [0.3, 0.4) is 0 Å². The first-order valence-electron chi connectivity index (χ1n) is 16.2. The second-order valence-electron chi connectivity index (χ2n) is 12.7. The molecule has 5 aromatic carbocycles. The fraction of sp³-hybridized carbons (Fsp3) is 0.119. The van der Waals surface area contributed by atoms with Crippen molar-refractivity contribution in [1.82, 2.24) is 9.38 Å². The summed E-state index contributed by atoms with van der Waals surface area (Å²) in [7, 11) is 0. The first-order valence-corrected chi connectivity index (χ1v) is 19.0. The van der Waals surface area contributed by atoms with Gasteiger partial charge in [0.15, 0.2) is 0 Å². The summed E-state index contributed by atoms with van der Waals surface area (Å²) in [5, 5.41) is 7.64. The smallest absolute Gasteiger partial charge is 0.146 e. The molecule has 0 bridgehead atoms. The van der Waals surface area contributed by atoms with E-state index >= 15 is 0 Å². The monoisotopic (exact) mass is 628 g/mol. The molecule has 7 aromatic rings. The van der Waals surface area contributed by atoms with Gasteiger partial charge in [-0.3, -0.25) is 4.40 Å². The molecule has 0 amide bonds. The van der Waals surface area contributed by atoms with Gasteiger partial charge < -0.3 is 0 Å². The number of benzene rings is 5. The zero-order valence-corrected chi connectivity index (χ0v) is 27.3. The van der Waals surface area contributed by atoms with Gasteiger partial charge in [-0.25, -0.2) is 4.98 Å². The normalized spacial score (nSPS) is 19.8. The highest BCUT2D eigenvalue weighted by atomic mass is 32.4. The Morgan fingerprint density at radius 2 is 1.37 bits per heavy atom. The van der Waals surface area contributed by atoms with Crippen LogP contribution in [0.2, 0.25) is 0 Å². The maximum absolute atomic E-state index is 6.89. The lowest BCUT2D eigenvalue weighted by atomic mass is 9.69. The Hall–Kier alpha value is -4.56. The molecule has 2 aliphatic carbocycles. The first-order chi connectivity index (χ1) is 22.6. The van der Waals surface area contributed by atoms with Gasteiger partial charge in [-0.15, -0.1) is 0 Å². The molecule has 0 fully saturated rings. The fourth-order valence-electron chi connectivity index (χ4n) is 8.07. The molecule has 46 heavy (non-hydrogen) atoms. The van der Waals surface area contributed by atoms with Gasteiger partial charge in [0, 0.05) is 22.7 Å². The first kappa shape index (κ1) is 27.7. The zero-order chi connectivity index (χ0) is 30.8. The molecule has 4 heteroatoms. The molecule has 222 valence electrons. The summed E-state index contributed by atoms with van der Waals surface area (Å²) in [4.78, 5) is 5.30. The van der Waals surface area contributed by atoms with Crippen LogP contribution in [0.5, 0.6) is 0 Å². The minimum absolute atomic E-state index is 0.259. The van der Waals surface area contributed by atoms with E-state index in [1.54, 1.807) is 0 Å². The fourth-order valence-corrected chi connectivity index (χ4v) is 12.6. The predicted octanol–water partition coefficient (Wildman–Crippen LogP) is 10.0. The van der Waals surface area contributed by atoms with Gasteiger partial charge in [-0.05, 0) is 68.9 Å². The Morgan fingerprint density at radius 1 is 0.717 bits per heavy atom. The lowest BCUT2D eigenvalue weighted by molar-refractivity contribution is 0.366. The molecule has 0 spiro atoms. The molecule has 9 rings (SSSR count).